The Labute approximate surface area is 81.4 Å². The van der Waals surface area contributed by atoms with Gasteiger partial charge in [0.2, 0.25) is 0 Å². The molecule has 0 unspecified atom stereocenters. The van der Waals surface area contributed by atoms with E-state index in [2.05, 4.69) is 3.53 Å². The fraction of sp³-hybridized carbons (Fsp3) is 0.833. The maximum Gasteiger partial charge on any atom is 0.325 e. The number of amides is 2. The lowest BCUT2D eigenvalue weighted by atomic mass is 10.5. The Morgan fingerprint density at radius 1 is 1.36 bits per heavy atom. The number of hydrogen-bond donors (Lipinski definition) is 1. The van der Waals surface area contributed by atoms with Gasteiger partial charge in [-0.25, -0.2) is 4.79 Å². The number of carbonyl (C=O) groups excluding carboxylic acids is 1. The zero-order valence-corrected chi connectivity index (χ0v) is 9.25. The molecular formula is C6H14IN3O. The van der Waals surface area contributed by atoms with Crippen LogP contribution in [-0.4, -0.2) is 50.1 Å². The van der Waals surface area contributed by atoms with Gasteiger partial charge in [0.05, 0.1) is 22.9 Å². The van der Waals surface area contributed by atoms with Crippen LogP contribution in [0.1, 0.15) is 0 Å². The molecule has 0 heterocycles. The molecular weight excluding hydrogens is 257 g/mol. The third-order valence-corrected chi connectivity index (χ3v) is 1.77. The quantitative estimate of drug-likeness (QED) is 0.600. The van der Waals surface area contributed by atoms with Crippen molar-refractivity contribution < 1.29 is 4.79 Å². The van der Waals surface area contributed by atoms with Crippen LogP contribution in [0, 0.1) is 0 Å². The fourth-order valence-electron chi connectivity index (χ4n) is 0.524. The average molecular weight is 271 g/mol. The maximum atomic E-state index is 10.9. The van der Waals surface area contributed by atoms with Crippen molar-refractivity contribution in [3.8, 4) is 0 Å². The normalized spacial score (nSPS) is 9.91. The zero-order chi connectivity index (χ0) is 8.85. The van der Waals surface area contributed by atoms with Crippen LogP contribution >= 0.6 is 22.9 Å². The van der Waals surface area contributed by atoms with E-state index in [9.17, 15) is 4.79 Å². The van der Waals surface area contributed by atoms with Crippen molar-refractivity contribution in [1.29, 1.82) is 0 Å². The third-order valence-electron chi connectivity index (χ3n) is 1.31. The highest BCUT2D eigenvalue weighted by molar-refractivity contribution is 14.1. The summed E-state index contributed by atoms with van der Waals surface area (Å²) in [6.07, 6.45) is 0. The molecule has 0 fully saturated rings. The summed E-state index contributed by atoms with van der Waals surface area (Å²) >= 11 is 1.83. The van der Waals surface area contributed by atoms with Gasteiger partial charge >= 0.3 is 6.03 Å². The van der Waals surface area contributed by atoms with E-state index in [-0.39, 0.29) is 6.03 Å². The molecule has 1 N–H and O–H groups in total. The number of halogens is 1. The summed E-state index contributed by atoms with van der Waals surface area (Å²) in [7, 11) is 5.74. The van der Waals surface area contributed by atoms with Crippen molar-refractivity contribution in [1.82, 2.24) is 13.3 Å². The lowest BCUT2D eigenvalue weighted by Crippen LogP contribution is -2.36. The van der Waals surface area contributed by atoms with Crippen molar-refractivity contribution in [2.45, 2.75) is 0 Å². The minimum absolute atomic E-state index is 0.0487. The van der Waals surface area contributed by atoms with E-state index in [1.165, 1.54) is 0 Å². The van der Waals surface area contributed by atoms with E-state index >= 15 is 0 Å². The van der Waals surface area contributed by atoms with Crippen molar-refractivity contribution in [3.05, 3.63) is 0 Å². The third kappa shape index (κ3) is 5.25. The van der Waals surface area contributed by atoms with Crippen LogP contribution < -0.4 is 3.53 Å². The first-order chi connectivity index (χ1) is 5.07. The van der Waals surface area contributed by atoms with E-state index in [0.29, 0.717) is 0 Å². The highest BCUT2D eigenvalue weighted by Gasteiger charge is 2.04. The minimum Gasteiger partial charge on any atom is -0.326 e. The monoisotopic (exact) mass is 271 g/mol. The molecule has 0 spiro atoms. The first-order valence-electron chi connectivity index (χ1n) is 3.34. The molecule has 11 heavy (non-hydrogen) atoms. The Morgan fingerprint density at radius 2 is 1.91 bits per heavy atom. The topological polar surface area (TPSA) is 35.6 Å². The molecule has 0 aromatic heterocycles. The molecule has 0 saturated carbocycles. The predicted octanol–water partition coefficient (Wildman–Crippen LogP) is 0.539. The largest absolute Gasteiger partial charge is 0.326 e. The molecule has 0 bridgehead atoms. The number of likely N-dealkylation sites (N-methyl/N-ethyl adjacent to an activating group) is 2. The lowest BCUT2D eigenvalue weighted by Gasteiger charge is -2.18. The van der Waals surface area contributed by atoms with E-state index < -0.39 is 0 Å². The summed E-state index contributed by atoms with van der Waals surface area (Å²) in [5.41, 5.74) is 0. The summed E-state index contributed by atoms with van der Waals surface area (Å²) in [5.74, 6) is 0. The van der Waals surface area contributed by atoms with E-state index in [1.54, 1.807) is 11.9 Å². The molecule has 0 aromatic carbocycles. The van der Waals surface area contributed by atoms with Gasteiger partial charge in [0, 0.05) is 20.1 Å². The number of hydrogen-bond acceptors (Lipinski definition) is 2. The Kier molecular flexibility index (Phi) is 5.57. The number of nitrogens with one attached hydrogen (secondary N) is 1. The van der Waals surface area contributed by atoms with Crippen molar-refractivity contribution in [2.24, 2.45) is 0 Å². The molecule has 4 nitrogen and oxygen atoms in total. The van der Waals surface area contributed by atoms with Gasteiger partial charge in [0.25, 0.3) is 0 Å². The lowest BCUT2D eigenvalue weighted by molar-refractivity contribution is 0.211. The second-order valence-corrected chi connectivity index (χ2v) is 3.16. The molecule has 0 saturated heterocycles. The SMILES string of the molecule is CN(C)CCN(C)C(=O)NI. The zero-order valence-electron chi connectivity index (χ0n) is 7.09. The number of rotatable bonds is 3. The smallest absolute Gasteiger partial charge is 0.325 e. The van der Waals surface area contributed by atoms with Crippen LogP contribution in [0.3, 0.4) is 0 Å². The number of nitrogens with zero attached hydrogens (tertiary/aromatic N) is 2. The van der Waals surface area contributed by atoms with Crippen LogP contribution in [0.4, 0.5) is 4.79 Å². The molecule has 66 valence electrons. The van der Waals surface area contributed by atoms with Gasteiger partial charge in [-0.3, -0.25) is 3.53 Å². The molecule has 0 aliphatic heterocycles. The van der Waals surface area contributed by atoms with Gasteiger partial charge in [0.15, 0.2) is 0 Å². The Hall–Kier alpha value is -0.0400. The summed E-state index contributed by atoms with van der Waals surface area (Å²) in [4.78, 5) is 14.6. The van der Waals surface area contributed by atoms with Crippen LogP contribution in [0.5, 0.6) is 0 Å². The van der Waals surface area contributed by atoms with Crippen LogP contribution in [0.2, 0.25) is 0 Å². The van der Waals surface area contributed by atoms with Gasteiger partial charge in [-0.2, -0.15) is 0 Å². The molecule has 5 heteroatoms. The van der Waals surface area contributed by atoms with Gasteiger partial charge < -0.3 is 9.80 Å². The highest BCUT2D eigenvalue weighted by atomic mass is 127. The molecule has 2 amide bonds. The number of urea groups is 1. The molecule has 0 aromatic rings. The van der Waals surface area contributed by atoms with E-state index in [4.69, 9.17) is 0 Å². The standard InChI is InChI=1S/C6H14IN3O/c1-9(2)4-5-10(3)6(11)8-7/h4-5H2,1-3H3,(H,8,11). The predicted molar refractivity (Wildman–Crippen MR) is 53.7 cm³/mol. The van der Waals surface area contributed by atoms with Gasteiger partial charge in [-0.05, 0) is 14.1 Å². The Bertz CT molecular complexity index is 129. The molecule has 0 rings (SSSR count). The summed E-state index contributed by atoms with van der Waals surface area (Å²) in [6, 6.07) is -0.0487. The fourth-order valence-corrected chi connectivity index (χ4v) is 0.935. The first kappa shape index (κ1) is 11.0. The van der Waals surface area contributed by atoms with Crippen LogP contribution in [-0.2, 0) is 0 Å². The second kappa shape index (κ2) is 5.59. The van der Waals surface area contributed by atoms with Crippen molar-refractivity contribution in [2.75, 3.05) is 34.2 Å². The molecule has 0 atom stereocenters. The molecule has 0 aliphatic rings. The second-order valence-electron chi connectivity index (χ2n) is 2.62. The number of carbonyl (C=O) groups is 1. The molecule has 0 aliphatic carbocycles. The van der Waals surface area contributed by atoms with Crippen LogP contribution in [0.25, 0.3) is 0 Å². The van der Waals surface area contributed by atoms with Crippen molar-refractivity contribution in [3.63, 3.8) is 0 Å². The van der Waals surface area contributed by atoms with Gasteiger partial charge in [-0.1, -0.05) is 0 Å². The summed E-state index contributed by atoms with van der Waals surface area (Å²) < 4.78 is 2.53. The average Bonchev–Trinajstić information content (AvgIpc) is 1.98. The first-order valence-corrected chi connectivity index (χ1v) is 4.42. The van der Waals surface area contributed by atoms with Gasteiger partial charge in [0.1, 0.15) is 0 Å². The highest BCUT2D eigenvalue weighted by Crippen LogP contribution is 1.86. The minimum atomic E-state index is -0.0487. The van der Waals surface area contributed by atoms with Crippen molar-refractivity contribution >= 4 is 28.9 Å². The molecule has 0 radical (unpaired) electrons. The maximum absolute atomic E-state index is 10.9. The van der Waals surface area contributed by atoms with Gasteiger partial charge in [-0.15, -0.1) is 0 Å². The van der Waals surface area contributed by atoms with E-state index in [1.807, 2.05) is 41.9 Å². The summed E-state index contributed by atoms with van der Waals surface area (Å²) in [5, 5.41) is 0. The van der Waals surface area contributed by atoms with Crippen LogP contribution in [0.15, 0.2) is 0 Å². The van der Waals surface area contributed by atoms with E-state index in [0.717, 1.165) is 13.1 Å². The summed E-state index contributed by atoms with van der Waals surface area (Å²) in [6.45, 7) is 1.64. The Morgan fingerprint density at radius 3 is 2.27 bits per heavy atom. The Balaban J connectivity index is 3.52.